The van der Waals surface area contributed by atoms with E-state index in [1.165, 1.54) is 49.7 Å². The zero-order valence-corrected chi connectivity index (χ0v) is 61.0. The Hall–Kier alpha value is -14.5. The number of benzene rings is 15. The third-order valence-electron chi connectivity index (χ3n) is 24.0. The van der Waals surface area contributed by atoms with Crippen LogP contribution in [0.15, 0.2) is 347 Å². The molecule has 10 heteroatoms. The van der Waals surface area contributed by atoms with Gasteiger partial charge in [-0.1, -0.05) is 269 Å². The first kappa shape index (κ1) is 63.6. The summed E-state index contributed by atoms with van der Waals surface area (Å²) in [7, 11) is 0. The molecular formula is C102H65N7O3. The Morgan fingerprint density at radius 2 is 0.634 bits per heavy atom. The first-order valence-electron chi connectivity index (χ1n) is 38.3. The van der Waals surface area contributed by atoms with E-state index in [9.17, 15) is 0 Å². The van der Waals surface area contributed by atoms with Crippen molar-refractivity contribution in [1.29, 1.82) is 0 Å². The number of aromatic nitrogens is 7. The van der Waals surface area contributed by atoms with Gasteiger partial charge in [0.1, 0.15) is 33.5 Å². The monoisotopic (exact) mass is 1440 g/mol. The van der Waals surface area contributed by atoms with Crippen molar-refractivity contribution in [3.63, 3.8) is 0 Å². The van der Waals surface area contributed by atoms with Crippen LogP contribution >= 0.6 is 0 Å². The molecule has 10 nitrogen and oxygen atoms in total. The van der Waals surface area contributed by atoms with Crippen molar-refractivity contribution in [1.82, 2.24) is 34.5 Å². The van der Waals surface area contributed by atoms with E-state index in [1.807, 2.05) is 91.0 Å². The largest absolute Gasteiger partial charge is 0.456 e. The van der Waals surface area contributed by atoms with Gasteiger partial charge in [-0.15, -0.1) is 0 Å². The van der Waals surface area contributed by atoms with E-state index in [2.05, 4.69) is 261 Å². The van der Waals surface area contributed by atoms with E-state index >= 15 is 0 Å². The maximum absolute atomic E-state index is 6.80. The van der Waals surface area contributed by atoms with E-state index in [0.29, 0.717) is 34.9 Å². The van der Waals surface area contributed by atoms with Crippen molar-refractivity contribution in [2.24, 2.45) is 0 Å². The number of para-hydroxylation sites is 3. The lowest BCUT2D eigenvalue weighted by atomic mass is 9.68. The zero-order chi connectivity index (χ0) is 73.9. The summed E-state index contributed by atoms with van der Waals surface area (Å²) < 4.78 is 22.3. The van der Waals surface area contributed by atoms with Crippen LogP contribution in [0.25, 0.3) is 206 Å². The molecule has 0 saturated carbocycles. The van der Waals surface area contributed by atoms with Crippen LogP contribution in [0.5, 0.6) is 0 Å². The summed E-state index contributed by atoms with van der Waals surface area (Å²) in [4.78, 5) is 32.4. The van der Waals surface area contributed by atoms with Crippen LogP contribution in [0.4, 0.5) is 0 Å². The number of hydrogen-bond donors (Lipinski definition) is 0. The smallest absolute Gasteiger partial charge is 0.164 e. The number of rotatable bonds is 12. The van der Waals surface area contributed by atoms with Crippen molar-refractivity contribution >= 4 is 87.6 Å². The Balaban J connectivity index is 0.619. The molecular weight excluding hydrogens is 1370 g/mol. The lowest BCUT2D eigenvalue weighted by Gasteiger charge is -2.34. The molecule has 6 heterocycles. The summed E-state index contributed by atoms with van der Waals surface area (Å²) in [5.74, 6) is 3.44. The number of furan rings is 3. The lowest BCUT2D eigenvalue weighted by Crippen LogP contribution is -2.28. The van der Waals surface area contributed by atoms with Gasteiger partial charge in [0.2, 0.25) is 0 Å². The van der Waals surface area contributed by atoms with Gasteiger partial charge in [0, 0.05) is 93.0 Å². The van der Waals surface area contributed by atoms with Crippen molar-refractivity contribution in [3.05, 3.63) is 356 Å². The molecule has 0 fully saturated rings. The first-order chi connectivity index (χ1) is 55.2. The molecule has 0 N–H and O–H groups in total. The van der Waals surface area contributed by atoms with E-state index < -0.39 is 5.41 Å². The Morgan fingerprint density at radius 3 is 1.27 bits per heavy atom. The van der Waals surface area contributed by atoms with Gasteiger partial charge in [-0.05, 0) is 158 Å². The fourth-order valence-electron chi connectivity index (χ4n) is 18.7. The predicted molar refractivity (Wildman–Crippen MR) is 452 cm³/mol. The maximum Gasteiger partial charge on any atom is 0.164 e. The highest BCUT2D eigenvalue weighted by molar-refractivity contribution is 6.19. The van der Waals surface area contributed by atoms with Crippen molar-refractivity contribution in [2.75, 3.05) is 0 Å². The molecule has 2 aliphatic rings. The molecule has 2 aliphatic carbocycles. The standard InChI is InChI=1S/C102H65N7O3/c1-101(55-56-102(2)78-40-16-12-31-67(78)68-52-49-63(59-81(68)102)62-50-53-85-76(57-62)93-74(38-23-47-88(93)111-85)100-106-96(61-27-8-4-9-28-61)104-98(108-100)73-37-22-46-87-92(73)71-34-15-19-45-84(71)110-87)79-41-17-13-32-69(79)90-72(36-20-42-80(90)101)97-103-95(60-25-6-3-7-26-60)105-99(107-97)75-39-24-48-89-94(75)77-58-64(51-54-86(77)112-89)66-35-21-44-83-91(66)70-33-14-18-43-82(70)109(83)65-29-10-5-11-30-65/h3-54,57-59H,55-56H2,1-2H3. The fourth-order valence-corrected chi connectivity index (χ4v) is 18.7. The van der Waals surface area contributed by atoms with Gasteiger partial charge in [0.15, 0.2) is 34.9 Å². The normalized spacial score (nSPS) is 15.0. The van der Waals surface area contributed by atoms with Gasteiger partial charge < -0.3 is 17.8 Å². The summed E-state index contributed by atoms with van der Waals surface area (Å²) in [5.41, 5.74) is 27.1. The molecule has 0 saturated heterocycles. The van der Waals surface area contributed by atoms with Crippen molar-refractivity contribution in [3.8, 4) is 119 Å². The van der Waals surface area contributed by atoms with Crippen molar-refractivity contribution in [2.45, 2.75) is 37.5 Å². The van der Waals surface area contributed by atoms with Crippen LogP contribution in [0.3, 0.4) is 0 Å². The second-order valence-corrected chi connectivity index (χ2v) is 30.2. The van der Waals surface area contributed by atoms with E-state index in [1.54, 1.807) is 0 Å². The summed E-state index contributed by atoms with van der Waals surface area (Å²) in [6.45, 7) is 4.93. The van der Waals surface area contributed by atoms with Gasteiger partial charge >= 0.3 is 0 Å². The lowest BCUT2D eigenvalue weighted by molar-refractivity contribution is 0.424. The molecule has 21 aromatic rings. The van der Waals surface area contributed by atoms with Gasteiger partial charge in [-0.25, -0.2) is 29.9 Å². The summed E-state index contributed by atoms with van der Waals surface area (Å²) >= 11 is 0. The molecule has 0 spiro atoms. The minimum absolute atomic E-state index is 0.372. The summed E-state index contributed by atoms with van der Waals surface area (Å²) in [6.07, 6.45) is 1.71. The minimum atomic E-state index is -0.411. The quantitative estimate of drug-likeness (QED) is 0.118. The van der Waals surface area contributed by atoms with Gasteiger partial charge in [0.05, 0.1) is 11.0 Å². The minimum Gasteiger partial charge on any atom is -0.456 e. The Bertz CT molecular complexity index is 7500. The van der Waals surface area contributed by atoms with Crippen molar-refractivity contribution < 1.29 is 13.3 Å². The Kier molecular flexibility index (Phi) is 13.9. The molecule has 112 heavy (non-hydrogen) atoms. The second kappa shape index (κ2) is 24.5. The molecule has 6 aromatic heterocycles. The maximum atomic E-state index is 6.80. The van der Waals surface area contributed by atoms with Gasteiger partial charge in [-0.2, -0.15) is 0 Å². The topological polar surface area (TPSA) is 122 Å². The summed E-state index contributed by atoms with van der Waals surface area (Å²) in [6, 6.07) is 118. The highest BCUT2D eigenvalue weighted by Crippen LogP contribution is 2.59. The van der Waals surface area contributed by atoms with Gasteiger partial charge in [-0.3, -0.25) is 0 Å². The van der Waals surface area contributed by atoms with Crippen LogP contribution in [-0.4, -0.2) is 34.5 Å². The first-order valence-corrected chi connectivity index (χ1v) is 38.3. The zero-order valence-electron chi connectivity index (χ0n) is 61.0. The third kappa shape index (κ3) is 9.64. The molecule has 2 unspecified atom stereocenters. The second-order valence-electron chi connectivity index (χ2n) is 30.2. The fraction of sp³-hybridized carbons (Fsp3) is 0.0588. The molecule has 0 bridgehead atoms. The molecule has 23 rings (SSSR count). The highest BCUT2D eigenvalue weighted by atomic mass is 16.3. The molecule has 2 atom stereocenters. The number of fused-ring (bicyclic) bond motifs is 18. The van der Waals surface area contributed by atoms with Crippen LogP contribution in [0, 0.1) is 0 Å². The van der Waals surface area contributed by atoms with Crippen LogP contribution in [0.2, 0.25) is 0 Å². The predicted octanol–water partition coefficient (Wildman–Crippen LogP) is 26.2. The summed E-state index contributed by atoms with van der Waals surface area (Å²) in [5, 5.41) is 8.20. The van der Waals surface area contributed by atoms with Crippen LogP contribution in [-0.2, 0) is 10.8 Å². The Morgan fingerprint density at radius 1 is 0.241 bits per heavy atom. The van der Waals surface area contributed by atoms with Gasteiger partial charge in [0.25, 0.3) is 0 Å². The van der Waals surface area contributed by atoms with E-state index in [4.69, 9.17) is 43.2 Å². The van der Waals surface area contributed by atoms with Crippen LogP contribution in [0.1, 0.15) is 48.9 Å². The van der Waals surface area contributed by atoms with Crippen LogP contribution < -0.4 is 0 Å². The SMILES string of the molecule is CC1(CCC2(C)c3ccccc3-c3c(-c4nc(-c5ccccc5)nc(-c5cccc6oc7ccc(-c8cccc9c8c8ccccc8n9-c8ccccc8)cc7c56)n4)cccc32)c2ccccc2-c2ccc(-c3ccc4oc5cccc(-c6nc(-c7ccccc7)nc(-c7cccc8oc9ccccc9c78)n6)c5c4c3)cc21. The molecule has 0 aliphatic heterocycles. The third-order valence-corrected chi connectivity index (χ3v) is 24.0. The molecule has 0 amide bonds. The van der Waals surface area contributed by atoms with E-state index in [0.717, 1.165) is 157 Å². The highest BCUT2D eigenvalue weighted by Gasteiger charge is 2.46. The molecule has 526 valence electrons. The number of hydrogen-bond acceptors (Lipinski definition) is 9. The Labute approximate surface area is 643 Å². The number of nitrogens with zero attached hydrogens (tertiary/aromatic N) is 7. The average Bonchev–Trinajstić information content (AvgIpc) is 1.55. The molecule has 0 radical (unpaired) electrons. The molecule has 15 aromatic carbocycles. The van der Waals surface area contributed by atoms with E-state index in [-0.39, 0.29) is 5.41 Å². The average molecular weight is 1440 g/mol.